The number of hydrogen-bond donors (Lipinski definition) is 1. The van der Waals surface area contributed by atoms with Crippen molar-refractivity contribution < 1.29 is 13.4 Å². The van der Waals surface area contributed by atoms with E-state index >= 15 is 0 Å². The number of rotatable bonds is 5. The lowest BCUT2D eigenvalue weighted by atomic mass is 10.2. The van der Waals surface area contributed by atoms with Gasteiger partial charge in [0.2, 0.25) is 0 Å². The zero-order valence-corrected chi connectivity index (χ0v) is 9.15. The maximum Gasteiger partial charge on any atom is 0.708 e. The topological polar surface area (TPSA) is 46.5 Å². The number of benzene rings is 1. The maximum absolute atomic E-state index is 10.1. The van der Waals surface area contributed by atoms with Gasteiger partial charge in [0.15, 0.2) is 0 Å². The molecule has 0 aliphatic heterocycles. The van der Waals surface area contributed by atoms with Crippen LogP contribution in [0.4, 0.5) is 0 Å². The summed E-state index contributed by atoms with van der Waals surface area (Å²) in [5, 5.41) is 0. The summed E-state index contributed by atoms with van der Waals surface area (Å²) < 4.78 is 14.5. The van der Waals surface area contributed by atoms with Crippen molar-refractivity contribution in [2.45, 2.75) is 5.75 Å². The normalized spacial score (nSPS) is 11.3. The molecule has 70 valence electrons. The van der Waals surface area contributed by atoms with E-state index in [2.05, 4.69) is 3.97 Å². The second kappa shape index (κ2) is 6.40. The highest BCUT2D eigenvalue weighted by molar-refractivity contribution is 8.75. The lowest BCUT2D eigenvalue weighted by molar-refractivity contribution is 0.434. The molecule has 3 nitrogen and oxygen atoms in total. The summed E-state index contributed by atoms with van der Waals surface area (Å²) >= 11 is 0.939. The van der Waals surface area contributed by atoms with Crippen LogP contribution in [0, 0.1) is 0 Å². The van der Waals surface area contributed by atoms with Crippen molar-refractivity contribution in [3.05, 3.63) is 35.9 Å². The highest BCUT2D eigenvalue weighted by Gasteiger charge is 2.12. The predicted octanol–water partition coefficient (Wildman–Crippen LogP) is 3.15. The third-order valence-corrected chi connectivity index (χ3v) is 3.70. The van der Waals surface area contributed by atoms with Crippen LogP contribution in [-0.2, 0) is 14.3 Å². The van der Waals surface area contributed by atoms with Crippen LogP contribution in [0.2, 0.25) is 0 Å². The molecule has 0 aromatic heterocycles. The summed E-state index contributed by atoms with van der Waals surface area (Å²) in [6, 6.07) is 9.84. The Kier molecular flexibility index (Phi) is 5.43. The Hall–Kier alpha value is -0.0600. The summed E-state index contributed by atoms with van der Waals surface area (Å²) in [5.74, 6) is 0.759. The number of hydrogen-bond acceptors (Lipinski definition) is 4. The van der Waals surface area contributed by atoms with Crippen molar-refractivity contribution in [3.63, 3.8) is 0 Å². The first kappa shape index (κ1) is 11.0. The SMILES string of the molecule is O=[P+](O)OSSCc1ccccc1. The second-order valence-electron chi connectivity index (χ2n) is 2.13. The van der Waals surface area contributed by atoms with Gasteiger partial charge in [-0.05, 0) is 9.53 Å². The molecular formula is C7H8O3PS2+. The Balaban J connectivity index is 2.17. The molecule has 0 aliphatic rings. The maximum atomic E-state index is 10.1. The Labute approximate surface area is 85.4 Å². The average molecular weight is 235 g/mol. The van der Waals surface area contributed by atoms with Crippen LogP contribution < -0.4 is 0 Å². The molecule has 6 heteroatoms. The first-order valence-corrected chi connectivity index (χ1v) is 6.83. The van der Waals surface area contributed by atoms with Crippen LogP contribution in [0.15, 0.2) is 30.3 Å². The third-order valence-electron chi connectivity index (χ3n) is 1.21. The Morgan fingerprint density at radius 3 is 2.69 bits per heavy atom. The molecule has 0 spiro atoms. The Morgan fingerprint density at radius 1 is 1.38 bits per heavy atom. The smallest absolute Gasteiger partial charge is 0.133 e. The fraction of sp³-hybridized carbons (Fsp3) is 0.143. The van der Waals surface area contributed by atoms with Gasteiger partial charge in [0, 0.05) is 10.3 Å². The first-order chi connectivity index (χ1) is 6.29. The summed E-state index contributed by atoms with van der Waals surface area (Å²) in [7, 11) is -1.10. The Bertz CT molecular complexity index is 268. The third kappa shape index (κ3) is 5.29. The molecule has 13 heavy (non-hydrogen) atoms. The van der Waals surface area contributed by atoms with Gasteiger partial charge >= 0.3 is 8.25 Å². The summed E-state index contributed by atoms with van der Waals surface area (Å²) in [6.45, 7) is 0. The van der Waals surface area contributed by atoms with Crippen LogP contribution >= 0.6 is 30.1 Å². The van der Waals surface area contributed by atoms with Crippen LogP contribution in [0.25, 0.3) is 0 Å². The minimum Gasteiger partial charge on any atom is -0.133 e. The first-order valence-electron chi connectivity index (χ1n) is 3.45. The van der Waals surface area contributed by atoms with Crippen LogP contribution in [-0.4, -0.2) is 4.89 Å². The summed E-state index contributed by atoms with van der Waals surface area (Å²) in [6.07, 6.45) is 0. The quantitative estimate of drug-likeness (QED) is 0.367. The van der Waals surface area contributed by atoms with E-state index in [-0.39, 0.29) is 0 Å². The molecule has 1 unspecified atom stereocenters. The monoisotopic (exact) mass is 235 g/mol. The van der Waals surface area contributed by atoms with Gasteiger partial charge in [-0.1, -0.05) is 41.1 Å². The van der Waals surface area contributed by atoms with Gasteiger partial charge < -0.3 is 0 Å². The van der Waals surface area contributed by atoms with E-state index in [1.54, 1.807) is 0 Å². The van der Waals surface area contributed by atoms with E-state index in [0.29, 0.717) is 0 Å². The molecule has 0 fully saturated rings. The molecule has 0 heterocycles. The zero-order valence-electron chi connectivity index (χ0n) is 6.62. The van der Waals surface area contributed by atoms with Gasteiger partial charge in [0.25, 0.3) is 0 Å². The molecule has 0 radical (unpaired) electrons. The second-order valence-corrected chi connectivity index (χ2v) is 4.98. The molecule has 1 aromatic carbocycles. The van der Waals surface area contributed by atoms with Crippen molar-refractivity contribution >= 4 is 30.1 Å². The van der Waals surface area contributed by atoms with Gasteiger partial charge in [-0.2, -0.15) is 0 Å². The highest BCUT2D eigenvalue weighted by atomic mass is 33.1. The fourth-order valence-electron chi connectivity index (χ4n) is 0.714. The minimum absolute atomic E-state index is 0.759. The van der Waals surface area contributed by atoms with E-state index in [4.69, 9.17) is 4.89 Å². The van der Waals surface area contributed by atoms with Gasteiger partial charge in [0.05, 0.1) is 0 Å². The molecule has 1 rings (SSSR count). The molecular weight excluding hydrogens is 227 g/mol. The molecule has 0 bridgehead atoms. The fourth-order valence-corrected chi connectivity index (χ4v) is 2.88. The minimum atomic E-state index is -2.49. The molecule has 0 saturated heterocycles. The average Bonchev–Trinajstić information content (AvgIpc) is 2.14. The van der Waals surface area contributed by atoms with E-state index in [0.717, 1.165) is 22.4 Å². The van der Waals surface area contributed by atoms with Crippen molar-refractivity contribution in [1.29, 1.82) is 0 Å². The zero-order chi connectivity index (χ0) is 9.52. The van der Waals surface area contributed by atoms with Crippen molar-refractivity contribution in [2.24, 2.45) is 0 Å². The van der Waals surface area contributed by atoms with E-state index in [9.17, 15) is 4.57 Å². The van der Waals surface area contributed by atoms with Crippen molar-refractivity contribution in [1.82, 2.24) is 0 Å². The van der Waals surface area contributed by atoms with Gasteiger partial charge in [0.1, 0.15) is 11.1 Å². The lowest BCUT2D eigenvalue weighted by Crippen LogP contribution is -1.75. The molecule has 1 N–H and O–H groups in total. The molecule has 0 aliphatic carbocycles. The van der Waals surface area contributed by atoms with Crippen molar-refractivity contribution in [3.8, 4) is 0 Å². The predicted molar refractivity (Wildman–Crippen MR) is 56.2 cm³/mol. The standard InChI is InChI=1S/C7H7O3PS2/c8-11(9)10-13-12-6-7-4-2-1-3-5-7/h1-5H,6H2/p+1. The lowest BCUT2D eigenvalue weighted by Gasteiger charge is -1.95. The Morgan fingerprint density at radius 2 is 2.08 bits per heavy atom. The van der Waals surface area contributed by atoms with Crippen LogP contribution in [0.1, 0.15) is 5.56 Å². The van der Waals surface area contributed by atoms with Gasteiger partial charge in [-0.15, -0.1) is 4.89 Å². The molecule has 1 aromatic rings. The molecule has 0 saturated carbocycles. The largest absolute Gasteiger partial charge is 0.708 e. The van der Waals surface area contributed by atoms with E-state index < -0.39 is 8.25 Å². The summed E-state index contributed by atoms with van der Waals surface area (Å²) in [4.78, 5) is 8.30. The molecule has 0 amide bonds. The summed E-state index contributed by atoms with van der Waals surface area (Å²) in [5.41, 5.74) is 1.16. The highest BCUT2D eigenvalue weighted by Crippen LogP contribution is 2.34. The van der Waals surface area contributed by atoms with Gasteiger partial charge in [-0.25, -0.2) is 0 Å². The van der Waals surface area contributed by atoms with E-state index in [1.165, 1.54) is 10.8 Å². The molecule has 1 atom stereocenters. The van der Waals surface area contributed by atoms with Crippen LogP contribution in [0.5, 0.6) is 0 Å². The van der Waals surface area contributed by atoms with E-state index in [1.807, 2.05) is 30.3 Å². The van der Waals surface area contributed by atoms with Crippen molar-refractivity contribution in [2.75, 3.05) is 0 Å². The van der Waals surface area contributed by atoms with Crippen LogP contribution in [0.3, 0.4) is 0 Å². The van der Waals surface area contributed by atoms with Gasteiger partial charge in [-0.3, -0.25) is 0 Å².